The molecule has 0 N–H and O–H groups in total. The lowest BCUT2D eigenvalue weighted by atomic mass is 9.82. The Bertz CT molecular complexity index is 2310. The maximum atomic E-state index is 2.39. The molecule has 7 aromatic carbocycles. The first-order valence-electron chi connectivity index (χ1n) is 14.8. The molecule has 202 valence electrons. The summed E-state index contributed by atoms with van der Waals surface area (Å²) in [6.45, 7) is 0. The normalized spacial score (nSPS) is 14.2. The van der Waals surface area contributed by atoms with Gasteiger partial charge in [-0.1, -0.05) is 133 Å². The molecule has 0 radical (unpaired) electrons. The third-order valence-electron chi connectivity index (χ3n) is 8.93. The minimum absolute atomic E-state index is 0.190. The molecule has 43 heavy (non-hydrogen) atoms. The summed E-state index contributed by atoms with van der Waals surface area (Å²) in [6, 6.07) is 57.9. The average molecular weight is 566 g/mol. The SMILES string of the molecule is c1ccc(-n2c3ccccc3c3ccc(-c4ccc(C5c6ccccc6Sc6ccc7ccccc7c65)cc4)cc32)cc1. The van der Waals surface area contributed by atoms with Crippen molar-refractivity contribution in [1.82, 2.24) is 4.57 Å². The van der Waals surface area contributed by atoms with Crippen LogP contribution in [0, 0.1) is 0 Å². The first-order valence-corrected chi connectivity index (χ1v) is 15.6. The molecule has 8 aromatic rings. The molecule has 2 heterocycles. The van der Waals surface area contributed by atoms with Crippen LogP contribution in [0.1, 0.15) is 22.6 Å². The highest BCUT2D eigenvalue weighted by Gasteiger charge is 2.29. The summed E-state index contributed by atoms with van der Waals surface area (Å²) in [4.78, 5) is 2.70. The number of hydrogen-bond acceptors (Lipinski definition) is 1. The van der Waals surface area contributed by atoms with Crippen LogP contribution in [-0.2, 0) is 0 Å². The Balaban J connectivity index is 1.19. The lowest BCUT2D eigenvalue weighted by molar-refractivity contribution is 0.914. The molecule has 1 aliphatic heterocycles. The summed E-state index contributed by atoms with van der Waals surface area (Å²) in [7, 11) is 0. The second-order valence-electron chi connectivity index (χ2n) is 11.3. The van der Waals surface area contributed by atoms with E-state index in [1.165, 1.54) is 75.9 Å². The zero-order chi connectivity index (χ0) is 28.3. The summed E-state index contributed by atoms with van der Waals surface area (Å²) in [5.74, 6) is 0.190. The highest BCUT2D eigenvalue weighted by Crippen LogP contribution is 2.51. The van der Waals surface area contributed by atoms with Crippen LogP contribution in [-0.4, -0.2) is 4.57 Å². The van der Waals surface area contributed by atoms with Gasteiger partial charge in [-0.15, -0.1) is 0 Å². The van der Waals surface area contributed by atoms with Crippen molar-refractivity contribution in [3.8, 4) is 16.8 Å². The molecule has 2 heteroatoms. The number of nitrogens with zero attached hydrogens (tertiary/aromatic N) is 1. The summed E-state index contributed by atoms with van der Waals surface area (Å²) in [6.07, 6.45) is 0. The zero-order valence-corrected chi connectivity index (χ0v) is 24.3. The van der Waals surface area contributed by atoms with Gasteiger partial charge in [-0.2, -0.15) is 0 Å². The van der Waals surface area contributed by atoms with Gasteiger partial charge in [0.1, 0.15) is 0 Å². The number of hydrogen-bond donors (Lipinski definition) is 0. The van der Waals surface area contributed by atoms with Crippen molar-refractivity contribution in [2.24, 2.45) is 0 Å². The van der Waals surface area contributed by atoms with Crippen molar-refractivity contribution < 1.29 is 0 Å². The van der Waals surface area contributed by atoms with E-state index in [0.717, 1.165) is 0 Å². The minimum Gasteiger partial charge on any atom is -0.309 e. The van der Waals surface area contributed by atoms with Crippen LogP contribution in [0.5, 0.6) is 0 Å². The first kappa shape index (κ1) is 24.5. The lowest BCUT2D eigenvalue weighted by Gasteiger charge is -2.30. The van der Waals surface area contributed by atoms with Crippen LogP contribution < -0.4 is 0 Å². The molecule has 9 rings (SSSR count). The Hall–Kier alpha value is -5.05. The fourth-order valence-electron chi connectivity index (χ4n) is 6.97. The van der Waals surface area contributed by atoms with Crippen molar-refractivity contribution in [2.75, 3.05) is 0 Å². The second kappa shape index (κ2) is 9.76. The number of fused-ring (bicyclic) bond motifs is 7. The molecule has 1 aromatic heterocycles. The molecule has 0 bridgehead atoms. The van der Waals surface area contributed by atoms with E-state index in [-0.39, 0.29) is 5.92 Å². The van der Waals surface area contributed by atoms with Gasteiger partial charge in [0, 0.05) is 32.2 Å². The van der Waals surface area contributed by atoms with Crippen LogP contribution >= 0.6 is 11.8 Å². The highest BCUT2D eigenvalue weighted by atomic mass is 32.2. The Labute approximate surface area is 255 Å². The predicted molar refractivity (Wildman–Crippen MR) is 182 cm³/mol. The van der Waals surface area contributed by atoms with Crippen LogP contribution in [0.4, 0.5) is 0 Å². The largest absolute Gasteiger partial charge is 0.309 e. The van der Waals surface area contributed by atoms with Crippen molar-refractivity contribution in [1.29, 1.82) is 0 Å². The summed E-state index contributed by atoms with van der Waals surface area (Å²) < 4.78 is 2.39. The van der Waals surface area contributed by atoms with Crippen LogP contribution in [0.3, 0.4) is 0 Å². The second-order valence-corrected chi connectivity index (χ2v) is 12.4. The van der Waals surface area contributed by atoms with Crippen molar-refractivity contribution in [3.05, 3.63) is 174 Å². The van der Waals surface area contributed by atoms with Gasteiger partial charge in [-0.25, -0.2) is 0 Å². The maximum absolute atomic E-state index is 2.39. The first-order chi connectivity index (χ1) is 21.3. The van der Waals surface area contributed by atoms with E-state index in [1.54, 1.807) is 0 Å². The molecule has 0 spiro atoms. The number of rotatable bonds is 3. The molecule has 1 nitrogen and oxygen atoms in total. The predicted octanol–water partition coefficient (Wildman–Crippen LogP) is 11.2. The van der Waals surface area contributed by atoms with Crippen LogP contribution in [0.15, 0.2) is 168 Å². The molecule has 1 atom stereocenters. The zero-order valence-electron chi connectivity index (χ0n) is 23.4. The molecule has 1 aliphatic rings. The van der Waals surface area contributed by atoms with Gasteiger partial charge in [0.05, 0.1) is 11.0 Å². The fourth-order valence-corrected chi connectivity index (χ4v) is 8.13. The molecule has 0 saturated carbocycles. The van der Waals surface area contributed by atoms with Gasteiger partial charge in [-0.05, 0) is 75.0 Å². The Morgan fingerprint density at radius 1 is 0.465 bits per heavy atom. The summed E-state index contributed by atoms with van der Waals surface area (Å²) in [5, 5.41) is 5.20. The van der Waals surface area contributed by atoms with Crippen LogP contribution in [0.2, 0.25) is 0 Å². The maximum Gasteiger partial charge on any atom is 0.0547 e. The van der Waals surface area contributed by atoms with E-state index in [1.807, 2.05) is 11.8 Å². The van der Waals surface area contributed by atoms with Crippen molar-refractivity contribution >= 4 is 44.3 Å². The van der Waals surface area contributed by atoms with Gasteiger partial charge in [0.25, 0.3) is 0 Å². The van der Waals surface area contributed by atoms with E-state index in [9.17, 15) is 0 Å². The number of aromatic nitrogens is 1. The summed E-state index contributed by atoms with van der Waals surface area (Å²) in [5.41, 5.74) is 10.2. The number of benzene rings is 7. The standard InChI is InChI=1S/C41H27NS/c1-2-11-31(12-3-1)42-36-16-8-6-14-33(36)34-24-22-30(26-37(34)42)27-18-20-29(21-19-27)40-35-15-7-9-17-38(35)43-39-25-23-28-10-4-5-13-32(28)41(39)40/h1-26,40H. The highest BCUT2D eigenvalue weighted by molar-refractivity contribution is 7.99. The third kappa shape index (κ3) is 3.87. The van der Waals surface area contributed by atoms with Gasteiger partial charge in [0.15, 0.2) is 0 Å². The van der Waals surface area contributed by atoms with E-state index >= 15 is 0 Å². The van der Waals surface area contributed by atoms with Gasteiger partial charge in [0.2, 0.25) is 0 Å². The van der Waals surface area contributed by atoms with E-state index in [0.29, 0.717) is 0 Å². The minimum atomic E-state index is 0.190. The van der Waals surface area contributed by atoms with Gasteiger partial charge in [-0.3, -0.25) is 0 Å². The van der Waals surface area contributed by atoms with Gasteiger partial charge < -0.3 is 4.57 Å². The van der Waals surface area contributed by atoms with Crippen molar-refractivity contribution in [2.45, 2.75) is 15.7 Å². The average Bonchev–Trinajstić information content (AvgIpc) is 3.41. The Morgan fingerprint density at radius 3 is 2.05 bits per heavy atom. The third-order valence-corrected chi connectivity index (χ3v) is 10.1. The molecular formula is C41H27NS. The molecule has 0 aliphatic carbocycles. The van der Waals surface area contributed by atoms with E-state index < -0.39 is 0 Å². The molecule has 0 fully saturated rings. The summed E-state index contributed by atoms with van der Waals surface area (Å²) >= 11 is 1.90. The smallest absolute Gasteiger partial charge is 0.0547 e. The Morgan fingerprint density at radius 2 is 1.16 bits per heavy atom. The van der Waals surface area contributed by atoms with Gasteiger partial charge >= 0.3 is 0 Å². The Kier molecular flexibility index (Phi) is 5.57. The molecule has 0 saturated heterocycles. The molecule has 0 amide bonds. The topological polar surface area (TPSA) is 4.93 Å². The van der Waals surface area contributed by atoms with Crippen LogP contribution in [0.25, 0.3) is 49.4 Å². The fraction of sp³-hybridized carbons (Fsp3) is 0.0244. The van der Waals surface area contributed by atoms with E-state index in [4.69, 9.17) is 0 Å². The van der Waals surface area contributed by atoms with E-state index in [2.05, 4.69) is 162 Å². The lowest BCUT2D eigenvalue weighted by Crippen LogP contribution is -2.10. The molecular weight excluding hydrogens is 539 g/mol. The number of para-hydroxylation sites is 2. The monoisotopic (exact) mass is 565 g/mol. The van der Waals surface area contributed by atoms with Crippen molar-refractivity contribution in [3.63, 3.8) is 0 Å². The molecule has 1 unspecified atom stereocenters. The quantitative estimate of drug-likeness (QED) is 0.206.